The Kier molecular flexibility index (Phi) is 5.06. The molecule has 6 heteroatoms. The van der Waals surface area contributed by atoms with Crippen molar-refractivity contribution in [2.45, 2.75) is 26.4 Å². The molecule has 0 spiro atoms. The molecule has 0 saturated carbocycles. The van der Waals surface area contributed by atoms with Gasteiger partial charge in [-0.15, -0.1) is 0 Å². The van der Waals surface area contributed by atoms with Gasteiger partial charge < -0.3 is 15.4 Å². The number of rotatable bonds is 5. The van der Waals surface area contributed by atoms with E-state index in [0.29, 0.717) is 24.2 Å². The summed E-state index contributed by atoms with van der Waals surface area (Å²) in [5, 5.41) is 9.21. The second kappa shape index (κ2) is 6.32. The lowest BCUT2D eigenvalue weighted by atomic mass is 10.2. The molecule has 0 saturated heterocycles. The Balaban J connectivity index is 2.83. The standard InChI is InChI=1S/C12H20N4O2/c1-8-6-11(15-13)10(7-14-8)12(18)16(3)5-4-9(2)17/h6-7,9,17H,4-5,13H2,1-3H3,(H,14,15). The van der Waals surface area contributed by atoms with E-state index in [2.05, 4.69) is 10.4 Å². The second-order valence-electron chi connectivity index (χ2n) is 4.38. The van der Waals surface area contributed by atoms with Crippen molar-refractivity contribution in [3.63, 3.8) is 0 Å². The zero-order chi connectivity index (χ0) is 13.7. The summed E-state index contributed by atoms with van der Waals surface area (Å²) in [5.41, 5.74) is 4.26. The van der Waals surface area contributed by atoms with Crippen molar-refractivity contribution in [2.75, 3.05) is 19.0 Å². The van der Waals surface area contributed by atoms with Crippen molar-refractivity contribution in [1.29, 1.82) is 0 Å². The van der Waals surface area contributed by atoms with Crippen LogP contribution >= 0.6 is 0 Å². The van der Waals surface area contributed by atoms with Gasteiger partial charge in [0.15, 0.2) is 0 Å². The summed E-state index contributed by atoms with van der Waals surface area (Å²) in [7, 11) is 1.69. The number of amides is 1. The molecule has 1 heterocycles. The van der Waals surface area contributed by atoms with Crippen LogP contribution < -0.4 is 11.3 Å². The number of nitrogens with zero attached hydrogens (tertiary/aromatic N) is 2. The minimum Gasteiger partial charge on any atom is -0.393 e. The molecule has 1 rings (SSSR count). The van der Waals surface area contributed by atoms with Crippen molar-refractivity contribution < 1.29 is 9.90 Å². The minimum absolute atomic E-state index is 0.170. The van der Waals surface area contributed by atoms with Gasteiger partial charge >= 0.3 is 0 Å². The van der Waals surface area contributed by atoms with E-state index < -0.39 is 6.10 Å². The molecule has 1 atom stereocenters. The SMILES string of the molecule is Cc1cc(NN)c(C(=O)N(C)CCC(C)O)cn1. The Hall–Kier alpha value is -1.66. The van der Waals surface area contributed by atoms with Crippen LogP contribution in [0.1, 0.15) is 29.4 Å². The molecule has 18 heavy (non-hydrogen) atoms. The lowest BCUT2D eigenvalue weighted by Crippen LogP contribution is -2.30. The molecule has 4 N–H and O–H groups in total. The quantitative estimate of drug-likeness (QED) is 0.525. The first kappa shape index (κ1) is 14.4. The molecule has 0 bridgehead atoms. The lowest BCUT2D eigenvalue weighted by molar-refractivity contribution is 0.0769. The molecule has 0 aromatic carbocycles. The van der Waals surface area contributed by atoms with Crippen LogP contribution in [0.3, 0.4) is 0 Å². The third-order valence-corrected chi connectivity index (χ3v) is 2.66. The number of hydrogen-bond acceptors (Lipinski definition) is 5. The molecule has 100 valence electrons. The van der Waals surface area contributed by atoms with Crippen LogP contribution in [0.5, 0.6) is 0 Å². The van der Waals surface area contributed by atoms with Gasteiger partial charge in [0, 0.05) is 25.5 Å². The van der Waals surface area contributed by atoms with E-state index in [0.717, 1.165) is 5.69 Å². The van der Waals surface area contributed by atoms with Crippen molar-refractivity contribution in [2.24, 2.45) is 5.84 Å². The summed E-state index contributed by atoms with van der Waals surface area (Å²) in [6.07, 6.45) is 1.61. The van der Waals surface area contributed by atoms with Gasteiger partial charge in [0.25, 0.3) is 5.91 Å². The van der Waals surface area contributed by atoms with E-state index in [1.54, 1.807) is 24.9 Å². The number of carbonyl (C=O) groups is 1. The van der Waals surface area contributed by atoms with Crippen LogP contribution in [0, 0.1) is 6.92 Å². The molecular formula is C12H20N4O2. The monoisotopic (exact) mass is 252 g/mol. The van der Waals surface area contributed by atoms with Crippen molar-refractivity contribution in [3.05, 3.63) is 23.5 Å². The number of hydrazine groups is 1. The molecule has 1 aromatic heterocycles. The molecule has 0 aliphatic rings. The Morgan fingerprint density at radius 2 is 2.33 bits per heavy atom. The predicted octanol–water partition coefficient (Wildman–Crippen LogP) is 0.519. The third-order valence-electron chi connectivity index (χ3n) is 2.66. The Morgan fingerprint density at radius 1 is 1.67 bits per heavy atom. The van der Waals surface area contributed by atoms with E-state index in [1.807, 2.05) is 6.92 Å². The van der Waals surface area contributed by atoms with Crippen molar-refractivity contribution >= 4 is 11.6 Å². The summed E-state index contributed by atoms with van der Waals surface area (Å²) >= 11 is 0. The molecule has 1 unspecified atom stereocenters. The fourth-order valence-electron chi connectivity index (χ4n) is 1.54. The number of anilines is 1. The summed E-state index contributed by atoms with van der Waals surface area (Å²) in [6.45, 7) is 4.00. The number of aliphatic hydroxyl groups is 1. The van der Waals surface area contributed by atoms with Gasteiger partial charge in [-0.1, -0.05) is 0 Å². The van der Waals surface area contributed by atoms with E-state index in [4.69, 9.17) is 5.84 Å². The summed E-state index contributed by atoms with van der Waals surface area (Å²) in [6, 6.07) is 1.72. The first-order chi connectivity index (χ1) is 8.45. The summed E-state index contributed by atoms with van der Waals surface area (Å²) < 4.78 is 0. The summed E-state index contributed by atoms with van der Waals surface area (Å²) in [5.74, 6) is 5.22. The third kappa shape index (κ3) is 3.68. The zero-order valence-corrected chi connectivity index (χ0v) is 11.0. The number of pyridine rings is 1. The van der Waals surface area contributed by atoms with Gasteiger partial charge in [-0.2, -0.15) is 0 Å². The van der Waals surface area contributed by atoms with E-state index in [9.17, 15) is 9.90 Å². The fourth-order valence-corrected chi connectivity index (χ4v) is 1.54. The number of aliphatic hydroxyl groups excluding tert-OH is 1. The Morgan fingerprint density at radius 3 is 2.89 bits per heavy atom. The van der Waals surface area contributed by atoms with Crippen molar-refractivity contribution in [3.8, 4) is 0 Å². The zero-order valence-electron chi connectivity index (χ0n) is 11.0. The van der Waals surface area contributed by atoms with Crippen LogP contribution in [0.25, 0.3) is 0 Å². The molecule has 6 nitrogen and oxygen atoms in total. The van der Waals surface area contributed by atoms with Crippen LogP contribution in [0.4, 0.5) is 5.69 Å². The Bertz CT molecular complexity index is 421. The highest BCUT2D eigenvalue weighted by molar-refractivity contribution is 5.99. The normalized spacial score (nSPS) is 12.1. The molecule has 1 aromatic rings. The number of carbonyl (C=O) groups excluding carboxylic acids is 1. The van der Waals surface area contributed by atoms with Gasteiger partial charge in [0.1, 0.15) is 0 Å². The highest BCUT2D eigenvalue weighted by atomic mass is 16.3. The van der Waals surface area contributed by atoms with Gasteiger partial charge in [0.2, 0.25) is 0 Å². The van der Waals surface area contributed by atoms with Gasteiger partial charge in [-0.25, -0.2) is 0 Å². The topological polar surface area (TPSA) is 91.5 Å². The van der Waals surface area contributed by atoms with Crippen molar-refractivity contribution in [1.82, 2.24) is 9.88 Å². The minimum atomic E-state index is -0.427. The van der Waals surface area contributed by atoms with Crippen LogP contribution in [-0.4, -0.2) is 40.6 Å². The van der Waals surface area contributed by atoms with Gasteiger partial charge in [-0.05, 0) is 26.3 Å². The molecule has 0 fully saturated rings. The van der Waals surface area contributed by atoms with E-state index >= 15 is 0 Å². The van der Waals surface area contributed by atoms with Gasteiger partial charge in [0.05, 0.1) is 17.4 Å². The number of nitrogens with one attached hydrogen (secondary N) is 1. The van der Waals surface area contributed by atoms with Crippen LogP contribution in [0.2, 0.25) is 0 Å². The second-order valence-corrected chi connectivity index (χ2v) is 4.38. The predicted molar refractivity (Wildman–Crippen MR) is 70.0 cm³/mol. The number of aromatic nitrogens is 1. The highest BCUT2D eigenvalue weighted by Crippen LogP contribution is 2.16. The lowest BCUT2D eigenvalue weighted by Gasteiger charge is -2.19. The number of aryl methyl sites for hydroxylation is 1. The Labute approximate surface area is 107 Å². The molecule has 0 aliphatic heterocycles. The maximum Gasteiger partial charge on any atom is 0.257 e. The van der Waals surface area contributed by atoms with E-state index in [1.165, 1.54) is 6.20 Å². The molecule has 0 radical (unpaired) electrons. The first-order valence-electron chi connectivity index (χ1n) is 5.82. The maximum absolute atomic E-state index is 12.2. The van der Waals surface area contributed by atoms with Crippen LogP contribution in [-0.2, 0) is 0 Å². The summed E-state index contributed by atoms with van der Waals surface area (Å²) in [4.78, 5) is 17.8. The fraction of sp³-hybridized carbons (Fsp3) is 0.500. The average Bonchev–Trinajstić information content (AvgIpc) is 2.34. The van der Waals surface area contributed by atoms with Gasteiger partial charge in [-0.3, -0.25) is 15.6 Å². The first-order valence-corrected chi connectivity index (χ1v) is 5.82. The molecule has 1 amide bonds. The smallest absolute Gasteiger partial charge is 0.257 e. The average molecular weight is 252 g/mol. The number of nitrogens with two attached hydrogens (primary N) is 1. The highest BCUT2D eigenvalue weighted by Gasteiger charge is 2.16. The largest absolute Gasteiger partial charge is 0.393 e. The number of hydrogen-bond donors (Lipinski definition) is 3. The number of nitrogen functional groups attached to an aromatic ring is 1. The van der Waals surface area contributed by atoms with E-state index in [-0.39, 0.29) is 5.91 Å². The molecular weight excluding hydrogens is 232 g/mol. The van der Waals surface area contributed by atoms with Crippen LogP contribution in [0.15, 0.2) is 12.3 Å². The maximum atomic E-state index is 12.2. The molecule has 0 aliphatic carbocycles.